The third kappa shape index (κ3) is 1.81. The van der Waals surface area contributed by atoms with Crippen LogP contribution in [-0.2, 0) is 11.3 Å². The fourth-order valence-corrected chi connectivity index (χ4v) is 2.97. The Morgan fingerprint density at radius 3 is 3.00 bits per heavy atom. The van der Waals surface area contributed by atoms with Crippen LogP contribution in [0.3, 0.4) is 0 Å². The maximum atomic E-state index is 12.1. The molecule has 0 radical (unpaired) electrons. The number of benzene rings is 1. The molecule has 0 aliphatic carbocycles. The van der Waals surface area contributed by atoms with E-state index in [9.17, 15) is 4.79 Å². The highest BCUT2D eigenvalue weighted by Crippen LogP contribution is 2.30. The highest BCUT2D eigenvalue weighted by atomic mass is 16.5. The molecule has 1 atom stereocenters. The molecule has 0 bridgehead atoms. The number of amides is 1. The molecule has 2 aliphatic heterocycles. The molecule has 106 valence electrons. The highest BCUT2D eigenvalue weighted by Gasteiger charge is 2.35. The largest absolute Gasteiger partial charge is 0.497 e. The number of carbonyl (C=O) groups excluding carboxylic acids is 1. The van der Waals surface area contributed by atoms with Crippen LogP contribution in [0.25, 0.3) is 10.9 Å². The minimum Gasteiger partial charge on any atom is -0.497 e. The van der Waals surface area contributed by atoms with Crippen LogP contribution in [0.5, 0.6) is 5.75 Å². The zero-order chi connectivity index (χ0) is 14.6. The van der Waals surface area contributed by atoms with Crippen LogP contribution in [0.15, 0.2) is 29.3 Å². The second-order valence-corrected chi connectivity index (χ2v) is 5.54. The number of hydrogen-bond donors (Lipinski definition) is 0. The van der Waals surface area contributed by atoms with E-state index in [1.54, 1.807) is 12.0 Å². The number of rotatable bonds is 1. The van der Waals surface area contributed by atoms with Gasteiger partial charge in [-0.25, -0.2) is 4.98 Å². The number of aliphatic imine (C=N–C) groups is 1. The summed E-state index contributed by atoms with van der Waals surface area (Å²) in [7, 11) is 1.65. The Morgan fingerprint density at radius 2 is 2.19 bits per heavy atom. The van der Waals surface area contributed by atoms with E-state index in [4.69, 9.17) is 9.72 Å². The molecule has 1 unspecified atom stereocenters. The molecule has 5 heteroatoms. The van der Waals surface area contributed by atoms with Gasteiger partial charge >= 0.3 is 0 Å². The SMILES string of the molecule is COc1ccc2nc3c(cc2c1)CN1C(=O)CC(C)N=C31. The Kier molecular flexibility index (Phi) is 2.51. The first kappa shape index (κ1) is 12.3. The first-order chi connectivity index (χ1) is 10.2. The lowest BCUT2D eigenvalue weighted by molar-refractivity contribution is -0.128. The molecule has 2 aromatic rings. The van der Waals surface area contributed by atoms with E-state index in [1.807, 2.05) is 25.1 Å². The van der Waals surface area contributed by atoms with E-state index in [2.05, 4.69) is 11.1 Å². The molecule has 1 aromatic heterocycles. The van der Waals surface area contributed by atoms with Crippen LogP contribution < -0.4 is 4.74 Å². The van der Waals surface area contributed by atoms with Crippen molar-refractivity contribution < 1.29 is 9.53 Å². The lowest BCUT2D eigenvalue weighted by Gasteiger charge is -2.23. The van der Waals surface area contributed by atoms with Crippen molar-refractivity contribution >= 4 is 22.6 Å². The van der Waals surface area contributed by atoms with Gasteiger partial charge in [0.25, 0.3) is 0 Å². The standard InChI is InChI=1S/C16H15N3O2/c1-9-5-14(20)19-8-11-6-10-7-12(21-2)3-4-13(10)18-15(11)16(19)17-9/h3-4,6-7,9H,5,8H2,1-2H3. The van der Waals surface area contributed by atoms with Gasteiger partial charge in [-0.05, 0) is 31.2 Å². The summed E-state index contributed by atoms with van der Waals surface area (Å²) in [6.45, 7) is 2.53. The number of carbonyl (C=O) groups is 1. The minimum atomic E-state index is 0.0306. The number of ether oxygens (including phenoxy) is 1. The molecule has 1 amide bonds. The summed E-state index contributed by atoms with van der Waals surface area (Å²) in [5, 5.41) is 1.02. The number of nitrogens with zero attached hydrogens (tertiary/aromatic N) is 3. The molecule has 4 rings (SSSR count). The van der Waals surface area contributed by atoms with Crippen molar-refractivity contribution in [2.75, 3.05) is 7.11 Å². The van der Waals surface area contributed by atoms with Crippen LogP contribution in [0.4, 0.5) is 0 Å². The van der Waals surface area contributed by atoms with E-state index >= 15 is 0 Å². The van der Waals surface area contributed by atoms with E-state index in [1.165, 1.54) is 0 Å². The Labute approximate surface area is 122 Å². The lowest BCUT2D eigenvalue weighted by Crippen LogP contribution is -2.38. The zero-order valence-corrected chi connectivity index (χ0v) is 12.0. The molecule has 0 N–H and O–H groups in total. The van der Waals surface area contributed by atoms with Crippen molar-refractivity contribution in [2.24, 2.45) is 4.99 Å². The van der Waals surface area contributed by atoms with Crippen molar-refractivity contribution in [1.82, 2.24) is 9.88 Å². The molecule has 2 aliphatic rings. The molecule has 5 nitrogen and oxygen atoms in total. The van der Waals surface area contributed by atoms with Gasteiger partial charge in [0.05, 0.1) is 25.2 Å². The number of aromatic nitrogens is 1. The summed E-state index contributed by atoms with van der Waals surface area (Å²) in [4.78, 5) is 23.2. The lowest BCUT2D eigenvalue weighted by atomic mass is 10.1. The summed E-state index contributed by atoms with van der Waals surface area (Å²) in [5.74, 6) is 1.67. The third-order valence-corrected chi connectivity index (χ3v) is 4.01. The Morgan fingerprint density at radius 1 is 1.33 bits per heavy atom. The van der Waals surface area contributed by atoms with Crippen LogP contribution >= 0.6 is 0 Å². The normalized spacial score (nSPS) is 20.3. The summed E-state index contributed by atoms with van der Waals surface area (Å²) in [6, 6.07) is 7.91. The average Bonchev–Trinajstić information content (AvgIpc) is 2.82. The molecule has 21 heavy (non-hydrogen) atoms. The number of amidine groups is 1. The summed E-state index contributed by atoms with van der Waals surface area (Å²) in [5.41, 5.74) is 2.79. The zero-order valence-electron chi connectivity index (χ0n) is 12.0. The average molecular weight is 281 g/mol. The summed E-state index contributed by atoms with van der Waals surface area (Å²) in [6.07, 6.45) is 0.477. The van der Waals surface area contributed by atoms with Crippen molar-refractivity contribution in [3.05, 3.63) is 35.5 Å². The smallest absolute Gasteiger partial charge is 0.230 e. The number of methoxy groups -OCH3 is 1. The first-order valence-electron chi connectivity index (χ1n) is 7.02. The molecule has 0 saturated heterocycles. The maximum Gasteiger partial charge on any atom is 0.230 e. The van der Waals surface area contributed by atoms with Gasteiger partial charge in [-0.3, -0.25) is 14.7 Å². The molecule has 3 heterocycles. The number of fused-ring (bicyclic) bond motifs is 4. The number of hydrogen-bond acceptors (Lipinski definition) is 4. The molecule has 0 saturated carbocycles. The van der Waals surface area contributed by atoms with E-state index in [0.717, 1.165) is 33.7 Å². The highest BCUT2D eigenvalue weighted by molar-refractivity contribution is 6.12. The summed E-state index contributed by atoms with van der Waals surface area (Å²) >= 11 is 0. The quantitative estimate of drug-likeness (QED) is 0.804. The maximum absolute atomic E-state index is 12.1. The molecule has 1 aromatic carbocycles. The van der Waals surface area contributed by atoms with Crippen molar-refractivity contribution in [2.45, 2.75) is 25.9 Å². The topological polar surface area (TPSA) is 54.8 Å². The second kappa shape index (κ2) is 4.28. The Bertz CT molecular complexity index is 797. The van der Waals surface area contributed by atoms with E-state index in [0.29, 0.717) is 13.0 Å². The van der Waals surface area contributed by atoms with Gasteiger partial charge in [0.1, 0.15) is 11.4 Å². The van der Waals surface area contributed by atoms with Crippen LogP contribution in [-0.4, -0.2) is 34.8 Å². The monoisotopic (exact) mass is 281 g/mol. The number of pyridine rings is 1. The van der Waals surface area contributed by atoms with Gasteiger partial charge in [-0.15, -0.1) is 0 Å². The predicted octanol–water partition coefficient (Wildman–Crippen LogP) is 2.12. The van der Waals surface area contributed by atoms with Gasteiger partial charge in [0.2, 0.25) is 5.91 Å². The minimum absolute atomic E-state index is 0.0306. The molecule has 0 fully saturated rings. The van der Waals surface area contributed by atoms with Gasteiger partial charge in [-0.2, -0.15) is 0 Å². The first-order valence-corrected chi connectivity index (χ1v) is 7.02. The van der Waals surface area contributed by atoms with Crippen molar-refractivity contribution in [3.63, 3.8) is 0 Å². The van der Waals surface area contributed by atoms with Crippen LogP contribution in [0.1, 0.15) is 24.6 Å². The molecule has 0 spiro atoms. The second-order valence-electron chi connectivity index (χ2n) is 5.54. The Hall–Kier alpha value is -2.43. The van der Waals surface area contributed by atoms with Gasteiger partial charge in [-0.1, -0.05) is 0 Å². The van der Waals surface area contributed by atoms with Crippen molar-refractivity contribution in [1.29, 1.82) is 0 Å². The molecular formula is C16H15N3O2. The summed E-state index contributed by atoms with van der Waals surface area (Å²) < 4.78 is 5.25. The van der Waals surface area contributed by atoms with Gasteiger partial charge < -0.3 is 4.74 Å². The van der Waals surface area contributed by atoms with Gasteiger partial charge in [0, 0.05) is 17.4 Å². The molecular weight excluding hydrogens is 266 g/mol. The van der Waals surface area contributed by atoms with Gasteiger partial charge in [0.15, 0.2) is 5.84 Å². The van der Waals surface area contributed by atoms with Crippen LogP contribution in [0, 0.1) is 0 Å². The fourth-order valence-electron chi connectivity index (χ4n) is 2.97. The van der Waals surface area contributed by atoms with Crippen molar-refractivity contribution in [3.8, 4) is 5.75 Å². The third-order valence-electron chi connectivity index (χ3n) is 4.01. The van der Waals surface area contributed by atoms with Crippen LogP contribution in [0.2, 0.25) is 0 Å². The predicted molar refractivity (Wildman–Crippen MR) is 79.5 cm³/mol. The van der Waals surface area contributed by atoms with E-state index < -0.39 is 0 Å². The van der Waals surface area contributed by atoms with E-state index in [-0.39, 0.29) is 11.9 Å². The Balaban J connectivity index is 1.90. The fraction of sp³-hybridized carbons (Fsp3) is 0.312.